The van der Waals surface area contributed by atoms with Crippen molar-refractivity contribution >= 4 is 31.6 Å². The second-order valence-electron chi connectivity index (χ2n) is 8.83. The Bertz CT molecular complexity index is 1790. The molecule has 0 spiro atoms. The van der Waals surface area contributed by atoms with Crippen molar-refractivity contribution in [2.24, 2.45) is 0 Å². The van der Waals surface area contributed by atoms with Crippen molar-refractivity contribution in [3.05, 3.63) is 119 Å². The van der Waals surface area contributed by atoms with Crippen LogP contribution in [0.4, 0.5) is 0 Å². The number of ether oxygens (including phenoxy) is 2. The average Bonchev–Trinajstić information content (AvgIpc) is 3.35. The van der Waals surface area contributed by atoms with Gasteiger partial charge in [-0.3, -0.25) is 9.36 Å². The van der Waals surface area contributed by atoms with Gasteiger partial charge in [-0.25, -0.2) is 4.98 Å². The molecule has 6 nitrogen and oxygen atoms in total. The second kappa shape index (κ2) is 10.1. The summed E-state index contributed by atoms with van der Waals surface area (Å²) in [5.41, 5.74) is 2.34. The summed E-state index contributed by atoms with van der Waals surface area (Å²) < 4.78 is 14.1. The molecule has 7 heteroatoms. The van der Waals surface area contributed by atoms with Crippen molar-refractivity contribution in [2.45, 2.75) is 13.2 Å². The van der Waals surface area contributed by atoms with Gasteiger partial charge in [0.15, 0.2) is 5.75 Å². The molecule has 2 aromatic heterocycles. The van der Waals surface area contributed by atoms with Crippen LogP contribution in [0.25, 0.3) is 31.7 Å². The molecule has 0 saturated carbocycles. The number of benzene rings is 4. The Morgan fingerprint density at radius 3 is 2.26 bits per heavy atom. The zero-order valence-electron chi connectivity index (χ0n) is 20.6. The van der Waals surface area contributed by atoms with Gasteiger partial charge < -0.3 is 14.6 Å². The van der Waals surface area contributed by atoms with Crippen LogP contribution in [0.1, 0.15) is 11.1 Å². The number of thiophene rings is 1. The summed E-state index contributed by atoms with van der Waals surface area (Å²) in [4.78, 5) is 19.8. The predicted molar refractivity (Wildman–Crippen MR) is 151 cm³/mol. The lowest BCUT2D eigenvalue weighted by atomic mass is 10.1. The van der Waals surface area contributed by atoms with Crippen LogP contribution in [0, 0.1) is 0 Å². The summed E-state index contributed by atoms with van der Waals surface area (Å²) in [6.45, 7) is 0.193. The zero-order chi connectivity index (χ0) is 26.1. The van der Waals surface area contributed by atoms with E-state index in [2.05, 4.69) is 0 Å². The van der Waals surface area contributed by atoms with Gasteiger partial charge in [0.1, 0.15) is 22.2 Å². The predicted octanol–water partition coefficient (Wildman–Crippen LogP) is 6.62. The van der Waals surface area contributed by atoms with Gasteiger partial charge in [0.05, 0.1) is 30.3 Å². The molecular weight excluding hydrogens is 496 g/mol. The monoisotopic (exact) mass is 520 g/mol. The molecule has 0 amide bonds. The third-order valence-corrected chi connectivity index (χ3v) is 7.56. The quantitative estimate of drug-likeness (QED) is 0.256. The van der Waals surface area contributed by atoms with E-state index < -0.39 is 0 Å². The lowest BCUT2D eigenvalue weighted by Crippen LogP contribution is -2.23. The fraction of sp³-hybridized carbons (Fsp3) is 0.0968. The maximum absolute atomic E-state index is 14.2. The van der Waals surface area contributed by atoms with Crippen LogP contribution >= 0.6 is 11.3 Å². The van der Waals surface area contributed by atoms with Crippen LogP contribution < -0.4 is 15.0 Å². The standard InChI is InChI=1S/C31H24N2O4S/c1-36-23-15-12-21(13-16-23)29-32-30-26(31(35)33(29)18-20-8-4-2-5-9-20)25-17-14-22(19-34)27(28(25)38-30)37-24-10-6-3-7-11-24/h2-17,34H,18-19H2,1H3. The van der Waals surface area contributed by atoms with Gasteiger partial charge in [-0.05, 0) is 42.0 Å². The SMILES string of the molecule is COc1ccc(-c2nc3sc4c(Oc5ccccc5)c(CO)ccc4c3c(=O)n2Cc2ccccc2)cc1. The average molecular weight is 521 g/mol. The Balaban J connectivity index is 1.61. The minimum absolute atomic E-state index is 0.127. The number of fused-ring (bicyclic) bond motifs is 3. The molecule has 0 aliphatic heterocycles. The van der Waals surface area contributed by atoms with Gasteiger partial charge in [-0.15, -0.1) is 11.3 Å². The number of methoxy groups -OCH3 is 1. The lowest BCUT2D eigenvalue weighted by molar-refractivity contribution is 0.277. The number of aliphatic hydroxyl groups excluding tert-OH is 1. The zero-order valence-corrected chi connectivity index (χ0v) is 21.4. The molecule has 6 rings (SSSR count). The summed E-state index contributed by atoms with van der Waals surface area (Å²) in [5.74, 6) is 2.50. The molecule has 4 aromatic carbocycles. The van der Waals surface area contributed by atoms with E-state index in [-0.39, 0.29) is 12.2 Å². The summed E-state index contributed by atoms with van der Waals surface area (Å²) in [5, 5.41) is 11.4. The van der Waals surface area contributed by atoms with E-state index in [9.17, 15) is 9.90 Å². The number of nitrogens with zero attached hydrogens (tertiary/aromatic N) is 2. The molecule has 0 unspecified atom stereocenters. The van der Waals surface area contributed by atoms with Gasteiger partial charge in [-0.1, -0.05) is 60.7 Å². The van der Waals surface area contributed by atoms with E-state index in [1.54, 1.807) is 11.7 Å². The van der Waals surface area contributed by atoms with E-state index in [4.69, 9.17) is 14.5 Å². The fourth-order valence-electron chi connectivity index (χ4n) is 4.55. The molecule has 0 aliphatic carbocycles. The highest BCUT2D eigenvalue weighted by Crippen LogP contribution is 2.42. The Kier molecular flexibility index (Phi) is 6.37. The summed E-state index contributed by atoms with van der Waals surface area (Å²) in [6.07, 6.45) is 0. The highest BCUT2D eigenvalue weighted by Gasteiger charge is 2.21. The minimum Gasteiger partial charge on any atom is -0.497 e. The third kappa shape index (κ3) is 4.32. The normalized spacial score (nSPS) is 11.2. The van der Waals surface area contributed by atoms with Gasteiger partial charge in [0.2, 0.25) is 0 Å². The highest BCUT2D eigenvalue weighted by atomic mass is 32.1. The van der Waals surface area contributed by atoms with Crippen LogP contribution in [0.2, 0.25) is 0 Å². The molecule has 0 bridgehead atoms. The van der Waals surface area contributed by atoms with Crippen LogP contribution in [-0.4, -0.2) is 21.8 Å². The molecule has 0 aliphatic rings. The summed E-state index contributed by atoms with van der Waals surface area (Å²) in [7, 11) is 1.62. The first-order valence-corrected chi connectivity index (χ1v) is 13.0. The number of hydrogen-bond donors (Lipinski definition) is 1. The second-order valence-corrected chi connectivity index (χ2v) is 9.83. The maximum Gasteiger partial charge on any atom is 0.263 e. The van der Waals surface area contributed by atoms with Gasteiger partial charge in [-0.2, -0.15) is 0 Å². The molecule has 2 heterocycles. The minimum atomic E-state index is -0.185. The van der Waals surface area contributed by atoms with Gasteiger partial charge in [0.25, 0.3) is 5.56 Å². The third-order valence-electron chi connectivity index (χ3n) is 6.46. The van der Waals surface area contributed by atoms with Crippen molar-refractivity contribution in [3.8, 4) is 28.6 Å². The van der Waals surface area contributed by atoms with Crippen LogP contribution in [-0.2, 0) is 13.2 Å². The first-order valence-electron chi connectivity index (χ1n) is 12.2. The molecule has 38 heavy (non-hydrogen) atoms. The first kappa shape index (κ1) is 23.9. The Morgan fingerprint density at radius 2 is 1.58 bits per heavy atom. The van der Waals surface area contributed by atoms with E-state index in [0.717, 1.165) is 27.0 Å². The van der Waals surface area contributed by atoms with Crippen LogP contribution in [0.5, 0.6) is 17.2 Å². The van der Waals surface area contributed by atoms with Crippen molar-refractivity contribution < 1.29 is 14.6 Å². The number of hydrogen-bond acceptors (Lipinski definition) is 6. The fourth-order valence-corrected chi connectivity index (χ4v) is 5.72. The number of aliphatic hydroxyl groups is 1. The summed E-state index contributed by atoms with van der Waals surface area (Å²) in [6, 6.07) is 30.5. The Labute approximate surface area is 223 Å². The molecule has 0 saturated heterocycles. The van der Waals surface area contributed by atoms with Crippen molar-refractivity contribution in [3.63, 3.8) is 0 Å². The van der Waals surface area contributed by atoms with E-state index in [0.29, 0.717) is 39.6 Å². The number of para-hydroxylation sites is 1. The van der Waals surface area contributed by atoms with E-state index in [1.165, 1.54) is 11.3 Å². The molecule has 188 valence electrons. The van der Waals surface area contributed by atoms with Crippen molar-refractivity contribution in [1.29, 1.82) is 0 Å². The maximum atomic E-state index is 14.2. The van der Waals surface area contributed by atoms with Gasteiger partial charge in [0, 0.05) is 16.5 Å². The van der Waals surface area contributed by atoms with Crippen molar-refractivity contribution in [2.75, 3.05) is 7.11 Å². The molecule has 1 N–H and O–H groups in total. The molecule has 0 atom stereocenters. The molecular formula is C31H24N2O4S. The molecule has 6 aromatic rings. The lowest BCUT2D eigenvalue weighted by Gasteiger charge is -2.13. The van der Waals surface area contributed by atoms with Crippen LogP contribution in [0.3, 0.4) is 0 Å². The highest BCUT2D eigenvalue weighted by molar-refractivity contribution is 7.25. The smallest absolute Gasteiger partial charge is 0.263 e. The molecule has 0 fully saturated rings. The van der Waals surface area contributed by atoms with Gasteiger partial charge >= 0.3 is 0 Å². The van der Waals surface area contributed by atoms with E-state index in [1.807, 2.05) is 97.1 Å². The number of aromatic nitrogens is 2. The van der Waals surface area contributed by atoms with Crippen molar-refractivity contribution in [1.82, 2.24) is 9.55 Å². The largest absolute Gasteiger partial charge is 0.497 e. The number of rotatable bonds is 7. The molecule has 0 radical (unpaired) electrons. The van der Waals surface area contributed by atoms with E-state index >= 15 is 0 Å². The Morgan fingerprint density at radius 1 is 0.868 bits per heavy atom. The first-order chi connectivity index (χ1) is 18.7. The van der Waals surface area contributed by atoms with Crippen LogP contribution in [0.15, 0.2) is 102 Å². The Hall–Kier alpha value is -4.46. The topological polar surface area (TPSA) is 73.6 Å². The summed E-state index contributed by atoms with van der Waals surface area (Å²) >= 11 is 1.40.